The summed E-state index contributed by atoms with van der Waals surface area (Å²) in [7, 11) is 0. The Morgan fingerprint density at radius 1 is 1.00 bits per heavy atom. The van der Waals surface area contributed by atoms with E-state index in [1.807, 2.05) is 0 Å². The van der Waals surface area contributed by atoms with Crippen LogP contribution >= 0.6 is 0 Å². The fourth-order valence-electron chi connectivity index (χ4n) is 2.31. The second-order valence-corrected chi connectivity index (χ2v) is 4.27. The first-order valence-electron chi connectivity index (χ1n) is 5.37. The molecule has 0 heterocycles. The van der Waals surface area contributed by atoms with Crippen LogP contribution in [-0.4, -0.2) is 15.3 Å². The third-order valence-corrected chi connectivity index (χ3v) is 3.20. The van der Waals surface area contributed by atoms with Crippen LogP contribution in [0.2, 0.25) is 0 Å². The van der Waals surface area contributed by atoms with E-state index in [2.05, 4.69) is 0 Å². The molecular weight excluding hydrogens is 192 g/mol. The molecule has 0 aliphatic heterocycles. The van der Waals surface area contributed by atoms with E-state index in [1.165, 1.54) is 6.07 Å². The van der Waals surface area contributed by atoms with Gasteiger partial charge in [-0.25, -0.2) is 0 Å². The van der Waals surface area contributed by atoms with Gasteiger partial charge in [0.15, 0.2) is 11.5 Å². The molecule has 1 fully saturated rings. The normalized spacial score (nSPS) is 20.1. The van der Waals surface area contributed by atoms with Crippen molar-refractivity contribution in [3.8, 4) is 11.5 Å². The minimum absolute atomic E-state index is 0.161. The molecule has 2 rings (SSSR count). The molecule has 0 aromatic heterocycles. The van der Waals surface area contributed by atoms with Gasteiger partial charge in [-0.2, -0.15) is 0 Å². The summed E-state index contributed by atoms with van der Waals surface area (Å²) in [6, 6.07) is 4.75. The molecule has 1 aliphatic rings. The molecule has 3 N–H and O–H groups in total. The Bertz CT molecular complexity index is 354. The van der Waals surface area contributed by atoms with Crippen molar-refractivity contribution in [2.75, 3.05) is 0 Å². The Hall–Kier alpha value is -1.22. The first kappa shape index (κ1) is 10.3. The van der Waals surface area contributed by atoms with E-state index < -0.39 is 5.60 Å². The van der Waals surface area contributed by atoms with Gasteiger partial charge in [0.05, 0.1) is 5.60 Å². The van der Waals surface area contributed by atoms with E-state index in [9.17, 15) is 15.3 Å². The van der Waals surface area contributed by atoms with E-state index >= 15 is 0 Å². The Morgan fingerprint density at radius 2 is 1.67 bits per heavy atom. The van der Waals surface area contributed by atoms with Crippen LogP contribution in [0.15, 0.2) is 18.2 Å². The van der Waals surface area contributed by atoms with Gasteiger partial charge in [0.2, 0.25) is 0 Å². The minimum Gasteiger partial charge on any atom is -0.504 e. The summed E-state index contributed by atoms with van der Waals surface area (Å²) >= 11 is 0. The average Bonchev–Trinajstić information content (AvgIpc) is 2.23. The quantitative estimate of drug-likeness (QED) is 0.620. The van der Waals surface area contributed by atoms with Crippen molar-refractivity contribution < 1.29 is 15.3 Å². The third kappa shape index (κ3) is 1.79. The van der Waals surface area contributed by atoms with Crippen LogP contribution < -0.4 is 0 Å². The largest absolute Gasteiger partial charge is 0.504 e. The number of hydrogen-bond acceptors (Lipinski definition) is 3. The first-order valence-corrected chi connectivity index (χ1v) is 5.37. The van der Waals surface area contributed by atoms with Crippen molar-refractivity contribution in [2.24, 2.45) is 0 Å². The van der Waals surface area contributed by atoms with Gasteiger partial charge in [-0.3, -0.25) is 0 Å². The number of hydrogen-bond donors (Lipinski definition) is 3. The lowest BCUT2D eigenvalue weighted by Gasteiger charge is -2.33. The summed E-state index contributed by atoms with van der Waals surface area (Å²) in [6.07, 6.45) is 4.37. The molecule has 0 atom stereocenters. The molecule has 1 saturated carbocycles. The topological polar surface area (TPSA) is 60.7 Å². The molecule has 0 amide bonds. The molecule has 82 valence electrons. The lowest BCUT2D eigenvalue weighted by Crippen LogP contribution is -2.28. The number of phenols is 2. The van der Waals surface area contributed by atoms with Crippen LogP contribution in [0.4, 0.5) is 0 Å². The lowest BCUT2D eigenvalue weighted by atomic mass is 9.79. The summed E-state index contributed by atoms with van der Waals surface area (Å²) in [4.78, 5) is 0. The highest BCUT2D eigenvalue weighted by atomic mass is 16.3. The van der Waals surface area contributed by atoms with Crippen molar-refractivity contribution >= 4 is 0 Å². The zero-order chi connectivity index (χ0) is 10.9. The van der Waals surface area contributed by atoms with Crippen molar-refractivity contribution in [3.63, 3.8) is 0 Å². The van der Waals surface area contributed by atoms with Crippen LogP contribution in [-0.2, 0) is 5.60 Å². The molecule has 1 aromatic rings. The number of aliphatic hydroxyl groups is 1. The van der Waals surface area contributed by atoms with Crippen molar-refractivity contribution in [2.45, 2.75) is 37.7 Å². The number of phenolic OH excluding ortho intramolecular Hbond substituents is 2. The highest BCUT2D eigenvalue weighted by molar-refractivity contribution is 5.47. The smallest absolute Gasteiger partial charge is 0.163 e. The van der Waals surface area contributed by atoms with Crippen LogP contribution in [0, 0.1) is 0 Å². The summed E-state index contributed by atoms with van der Waals surface area (Å²) in [6.45, 7) is 0. The second-order valence-electron chi connectivity index (χ2n) is 4.27. The second kappa shape index (κ2) is 3.74. The molecule has 0 unspecified atom stereocenters. The van der Waals surface area contributed by atoms with Gasteiger partial charge in [0.25, 0.3) is 0 Å². The Kier molecular flexibility index (Phi) is 2.57. The van der Waals surface area contributed by atoms with E-state index in [-0.39, 0.29) is 11.5 Å². The third-order valence-electron chi connectivity index (χ3n) is 3.20. The maximum atomic E-state index is 10.4. The van der Waals surface area contributed by atoms with E-state index in [1.54, 1.807) is 12.1 Å². The SMILES string of the molecule is Oc1cccc(C2(O)CCCCC2)c1O. The Morgan fingerprint density at radius 3 is 2.33 bits per heavy atom. The van der Waals surface area contributed by atoms with E-state index in [0.717, 1.165) is 19.3 Å². The predicted molar refractivity (Wildman–Crippen MR) is 56.8 cm³/mol. The monoisotopic (exact) mass is 208 g/mol. The minimum atomic E-state index is -0.957. The highest BCUT2D eigenvalue weighted by Gasteiger charge is 2.34. The molecule has 0 spiro atoms. The number of aromatic hydroxyl groups is 2. The molecule has 3 heteroatoms. The standard InChI is InChI=1S/C12H16O3/c13-10-6-4-5-9(11(10)14)12(15)7-2-1-3-8-12/h4-6,13-15H,1-3,7-8H2. The first-order chi connectivity index (χ1) is 7.13. The number of benzene rings is 1. The Balaban J connectivity index is 2.39. The van der Waals surface area contributed by atoms with Crippen LogP contribution in [0.5, 0.6) is 11.5 Å². The molecule has 0 saturated heterocycles. The van der Waals surface area contributed by atoms with Crippen molar-refractivity contribution in [3.05, 3.63) is 23.8 Å². The zero-order valence-corrected chi connectivity index (χ0v) is 8.61. The van der Waals surface area contributed by atoms with Gasteiger partial charge in [0.1, 0.15) is 0 Å². The fourth-order valence-corrected chi connectivity index (χ4v) is 2.31. The molecule has 15 heavy (non-hydrogen) atoms. The zero-order valence-electron chi connectivity index (χ0n) is 8.61. The molecule has 0 bridgehead atoms. The number of para-hydroxylation sites is 1. The number of rotatable bonds is 1. The average molecular weight is 208 g/mol. The molecule has 1 aliphatic carbocycles. The molecule has 0 radical (unpaired) electrons. The van der Waals surface area contributed by atoms with E-state index in [0.29, 0.717) is 18.4 Å². The summed E-state index contributed by atoms with van der Waals surface area (Å²) < 4.78 is 0. The van der Waals surface area contributed by atoms with Crippen LogP contribution in [0.3, 0.4) is 0 Å². The summed E-state index contributed by atoms with van der Waals surface area (Å²) in [5, 5.41) is 29.5. The van der Waals surface area contributed by atoms with Crippen LogP contribution in [0.25, 0.3) is 0 Å². The fraction of sp³-hybridized carbons (Fsp3) is 0.500. The van der Waals surface area contributed by atoms with Crippen molar-refractivity contribution in [1.82, 2.24) is 0 Å². The summed E-state index contributed by atoms with van der Waals surface area (Å²) in [5.74, 6) is -0.339. The molecular formula is C12H16O3. The van der Waals surface area contributed by atoms with Crippen molar-refractivity contribution in [1.29, 1.82) is 0 Å². The van der Waals surface area contributed by atoms with Gasteiger partial charge < -0.3 is 15.3 Å². The van der Waals surface area contributed by atoms with Gasteiger partial charge in [-0.1, -0.05) is 31.4 Å². The summed E-state index contributed by atoms with van der Waals surface area (Å²) in [5.41, 5.74) is -0.497. The van der Waals surface area contributed by atoms with Crippen LogP contribution in [0.1, 0.15) is 37.7 Å². The maximum absolute atomic E-state index is 10.4. The van der Waals surface area contributed by atoms with Gasteiger partial charge in [-0.15, -0.1) is 0 Å². The van der Waals surface area contributed by atoms with E-state index in [4.69, 9.17) is 0 Å². The maximum Gasteiger partial charge on any atom is 0.163 e. The van der Waals surface area contributed by atoms with Gasteiger partial charge >= 0.3 is 0 Å². The molecule has 1 aromatic carbocycles. The lowest BCUT2D eigenvalue weighted by molar-refractivity contribution is -0.00279. The molecule has 3 nitrogen and oxygen atoms in total. The van der Waals surface area contributed by atoms with Gasteiger partial charge in [0, 0.05) is 5.56 Å². The predicted octanol–water partition coefficient (Wildman–Crippen LogP) is 2.25. The van der Waals surface area contributed by atoms with Gasteiger partial charge in [-0.05, 0) is 18.9 Å². The Labute approximate surface area is 89.0 Å². The highest BCUT2D eigenvalue weighted by Crippen LogP contribution is 2.43.